The highest BCUT2D eigenvalue weighted by Crippen LogP contribution is 2.47. The van der Waals surface area contributed by atoms with Crippen LogP contribution in [0.3, 0.4) is 0 Å². The quantitative estimate of drug-likeness (QED) is 0.239. The molecule has 4 atom stereocenters. The van der Waals surface area contributed by atoms with E-state index in [9.17, 15) is 4.79 Å². The zero-order valence-corrected chi connectivity index (χ0v) is 26.4. The molecule has 4 nitrogen and oxygen atoms in total. The summed E-state index contributed by atoms with van der Waals surface area (Å²) in [6.07, 6.45) is 3.95. The standard InChI is InChI=1S/C27H54O4Si2/c1-19(2)23(30-32(12,13)25(4,5)6)20(3)24(31-33(14,15)26(7,8)9)27(10,11)21-17-16-18-22(28)29-21/h16,18-21,23-24H,17H2,1-15H3/t20-,21+,23-,24-/m0/s1. The van der Waals surface area contributed by atoms with E-state index in [0.717, 1.165) is 6.42 Å². The molecule has 6 heteroatoms. The number of ether oxygens (including phenoxy) is 1. The minimum Gasteiger partial charge on any atom is -0.458 e. The van der Waals surface area contributed by atoms with Crippen molar-refractivity contribution in [3.8, 4) is 0 Å². The highest BCUT2D eigenvalue weighted by atomic mass is 28.4. The molecule has 0 bridgehead atoms. The molecular formula is C27H54O4Si2. The van der Waals surface area contributed by atoms with E-state index in [2.05, 4.69) is 102 Å². The Hall–Kier alpha value is -0.436. The monoisotopic (exact) mass is 498 g/mol. The van der Waals surface area contributed by atoms with Crippen molar-refractivity contribution >= 4 is 22.6 Å². The summed E-state index contributed by atoms with van der Waals surface area (Å²) in [4.78, 5) is 12.1. The summed E-state index contributed by atoms with van der Waals surface area (Å²) >= 11 is 0. The number of carbonyl (C=O) groups is 1. The van der Waals surface area contributed by atoms with Crippen molar-refractivity contribution < 1.29 is 18.4 Å². The predicted octanol–water partition coefficient (Wildman–Crippen LogP) is 7.96. The fourth-order valence-corrected chi connectivity index (χ4v) is 7.15. The smallest absolute Gasteiger partial charge is 0.330 e. The fraction of sp³-hybridized carbons (Fsp3) is 0.889. The number of cyclic esters (lactones) is 1. The first-order valence-electron chi connectivity index (χ1n) is 12.8. The highest BCUT2D eigenvalue weighted by molar-refractivity contribution is 6.74. The molecule has 1 rings (SSSR count). The lowest BCUT2D eigenvalue weighted by Crippen LogP contribution is -2.58. The molecule has 0 spiro atoms. The van der Waals surface area contributed by atoms with E-state index in [-0.39, 0.29) is 45.7 Å². The second-order valence-electron chi connectivity index (χ2n) is 14.1. The van der Waals surface area contributed by atoms with Gasteiger partial charge < -0.3 is 13.6 Å². The van der Waals surface area contributed by atoms with Crippen LogP contribution in [0, 0.1) is 17.3 Å². The molecule has 0 aromatic rings. The Labute approximate surface area is 207 Å². The average Bonchev–Trinajstić information content (AvgIpc) is 2.61. The molecule has 0 fully saturated rings. The first-order valence-corrected chi connectivity index (χ1v) is 18.6. The molecule has 1 aliphatic rings. The molecule has 33 heavy (non-hydrogen) atoms. The summed E-state index contributed by atoms with van der Waals surface area (Å²) < 4.78 is 20.1. The van der Waals surface area contributed by atoms with Crippen LogP contribution in [0.25, 0.3) is 0 Å². The molecule has 194 valence electrons. The van der Waals surface area contributed by atoms with E-state index in [0.29, 0.717) is 5.92 Å². The summed E-state index contributed by atoms with van der Waals surface area (Å²) in [7, 11) is -4.08. The minimum atomic E-state index is -2.10. The van der Waals surface area contributed by atoms with Gasteiger partial charge in [-0.05, 0) is 42.2 Å². The van der Waals surface area contributed by atoms with Crippen LogP contribution in [-0.4, -0.2) is 40.9 Å². The normalized spacial score (nSPS) is 21.7. The maximum Gasteiger partial charge on any atom is 0.330 e. The van der Waals surface area contributed by atoms with Crippen molar-refractivity contribution in [2.24, 2.45) is 17.3 Å². The Balaban J connectivity index is 3.49. The number of hydrogen-bond donors (Lipinski definition) is 0. The number of rotatable bonds is 9. The molecular weight excluding hydrogens is 444 g/mol. The van der Waals surface area contributed by atoms with Gasteiger partial charge in [-0.3, -0.25) is 0 Å². The molecule has 1 heterocycles. The van der Waals surface area contributed by atoms with E-state index >= 15 is 0 Å². The van der Waals surface area contributed by atoms with Crippen LogP contribution in [0.5, 0.6) is 0 Å². The summed E-state index contributed by atoms with van der Waals surface area (Å²) in [6, 6.07) is 0. The predicted molar refractivity (Wildman–Crippen MR) is 146 cm³/mol. The lowest BCUT2D eigenvalue weighted by Gasteiger charge is -2.52. The van der Waals surface area contributed by atoms with Gasteiger partial charge in [-0.25, -0.2) is 4.79 Å². The van der Waals surface area contributed by atoms with E-state index in [1.807, 2.05) is 6.08 Å². The van der Waals surface area contributed by atoms with Crippen LogP contribution in [0.4, 0.5) is 0 Å². The number of esters is 1. The Bertz CT molecular complexity index is 696. The van der Waals surface area contributed by atoms with E-state index in [4.69, 9.17) is 13.6 Å². The molecule has 1 aliphatic heterocycles. The molecule has 0 N–H and O–H groups in total. The lowest BCUT2D eigenvalue weighted by molar-refractivity contribution is -0.159. The van der Waals surface area contributed by atoms with Gasteiger partial charge >= 0.3 is 5.97 Å². The van der Waals surface area contributed by atoms with Crippen LogP contribution >= 0.6 is 0 Å². The second kappa shape index (κ2) is 10.3. The molecule has 0 saturated carbocycles. The van der Waals surface area contributed by atoms with Gasteiger partial charge in [-0.15, -0.1) is 0 Å². The topological polar surface area (TPSA) is 44.8 Å². The van der Waals surface area contributed by atoms with Gasteiger partial charge in [0.1, 0.15) is 6.10 Å². The summed E-state index contributed by atoms with van der Waals surface area (Å²) in [5.41, 5.74) is -0.362. The molecule has 0 aliphatic carbocycles. The lowest BCUT2D eigenvalue weighted by atomic mass is 9.72. The fourth-order valence-electron chi connectivity index (χ4n) is 4.13. The van der Waals surface area contributed by atoms with E-state index in [1.54, 1.807) is 0 Å². The zero-order valence-electron chi connectivity index (χ0n) is 24.4. The summed E-state index contributed by atoms with van der Waals surface area (Å²) in [5.74, 6) is 0.244. The Kier molecular flexibility index (Phi) is 9.53. The number of carbonyl (C=O) groups excluding carboxylic acids is 1. The third kappa shape index (κ3) is 7.28. The molecule has 0 aromatic carbocycles. The van der Waals surface area contributed by atoms with Gasteiger partial charge in [0.05, 0.1) is 12.2 Å². The average molecular weight is 499 g/mol. The van der Waals surface area contributed by atoms with Crippen LogP contribution in [0.1, 0.15) is 82.6 Å². The minimum absolute atomic E-state index is 0.0646. The second-order valence-corrected chi connectivity index (χ2v) is 23.6. The summed E-state index contributed by atoms with van der Waals surface area (Å²) in [6.45, 7) is 34.2. The summed E-state index contributed by atoms with van der Waals surface area (Å²) in [5, 5.41) is 0.215. The largest absolute Gasteiger partial charge is 0.458 e. The van der Waals surface area contributed by atoms with Crippen molar-refractivity contribution in [3.05, 3.63) is 12.2 Å². The molecule has 0 amide bonds. The van der Waals surface area contributed by atoms with Gasteiger partial charge in [0.25, 0.3) is 0 Å². The first kappa shape index (κ1) is 30.6. The Morgan fingerprint density at radius 2 is 1.33 bits per heavy atom. The maximum atomic E-state index is 12.1. The van der Waals surface area contributed by atoms with Crippen molar-refractivity contribution in [2.45, 2.75) is 137 Å². The van der Waals surface area contributed by atoms with Gasteiger partial charge in [0, 0.05) is 23.8 Å². The zero-order chi connectivity index (χ0) is 26.2. The molecule has 0 radical (unpaired) electrons. The van der Waals surface area contributed by atoms with Gasteiger partial charge in [-0.2, -0.15) is 0 Å². The van der Waals surface area contributed by atoms with E-state index < -0.39 is 16.6 Å². The van der Waals surface area contributed by atoms with Gasteiger partial charge in [0.15, 0.2) is 16.6 Å². The molecule has 0 aromatic heterocycles. The first-order chi connectivity index (χ1) is 14.5. The van der Waals surface area contributed by atoms with Crippen LogP contribution in [0.2, 0.25) is 36.3 Å². The van der Waals surface area contributed by atoms with Crippen molar-refractivity contribution in [1.82, 2.24) is 0 Å². The SMILES string of the molecule is CC(C)[C@H](O[Si](C)(C)C(C)(C)C)[C@H](C)[C@H](O[Si](C)(C)C(C)(C)C)C(C)(C)[C@H]1CC=CC(=O)O1. The van der Waals surface area contributed by atoms with Crippen LogP contribution < -0.4 is 0 Å². The highest BCUT2D eigenvalue weighted by Gasteiger charge is 2.51. The van der Waals surface area contributed by atoms with Crippen molar-refractivity contribution in [1.29, 1.82) is 0 Å². The Morgan fingerprint density at radius 1 is 0.879 bits per heavy atom. The van der Waals surface area contributed by atoms with Gasteiger partial charge in [-0.1, -0.05) is 82.2 Å². The van der Waals surface area contributed by atoms with Crippen LogP contribution in [0.15, 0.2) is 12.2 Å². The van der Waals surface area contributed by atoms with Crippen molar-refractivity contribution in [3.63, 3.8) is 0 Å². The van der Waals surface area contributed by atoms with Gasteiger partial charge in [0.2, 0.25) is 0 Å². The van der Waals surface area contributed by atoms with E-state index in [1.165, 1.54) is 6.08 Å². The van der Waals surface area contributed by atoms with Crippen LogP contribution in [-0.2, 0) is 18.4 Å². The Morgan fingerprint density at radius 3 is 1.73 bits per heavy atom. The molecule has 0 unspecified atom stereocenters. The third-order valence-corrected chi connectivity index (χ3v) is 17.5. The van der Waals surface area contributed by atoms with Crippen molar-refractivity contribution in [2.75, 3.05) is 0 Å². The maximum absolute atomic E-state index is 12.1. The third-order valence-electron chi connectivity index (χ3n) is 8.54. The molecule has 0 saturated heterocycles. The number of hydrogen-bond acceptors (Lipinski definition) is 4.